The summed E-state index contributed by atoms with van der Waals surface area (Å²) in [6, 6.07) is 0.245. The topological polar surface area (TPSA) is 132 Å². The summed E-state index contributed by atoms with van der Waals surface area (Å²) in [6.07, 6.45) is 3.47. The third-order valence-corrected chi connectivity index (χ3v) is 3.87. The molecule has 1 saturated heterocycles. The van der Waals surface area contributed by atoms with Gasteiger partial charge in [0.2, 0.25) is 10.0 Å². The Kier molecular flexibility index (Phi) is 4.68. The predicted molar refractivity (Wildman–Crippen MR) is 71.5 cm³/mol. The van der Waals surface area contributed by atoms with E-state index in [1.807, 2.05) is 0 Å². The number of carbonyl (C=O) groups excluding carboxylic acids is 1. The maximum Gasteiger partial charge on any atom is 0.273 e. The third kappa shape index (κ3) is 4.25. The minimum atomic E-state index is -3.58. The maximum atomic E-state index is 11.8. The van der Waals surface area contributed by atoms with Gasteiger partial charge in [-0.2, -0.15) is 0 Å². The zero-order chi connectivity index (χ0) is 14.6. The molecule has 0 aliphatic carbocycles. The Hall–Kier alpha value is -1.52. The van der Waals surface area contributed by atoms with Crippen molar-refractivity contribution in [2.75, 3.05) is 25.4 Å². The smallest absolute Gasteiger partial charge is 0.273 e. The van der Waals surface area contributed by atoms with Crippen LogP contribution in [0.1, 0.15) is 29.4 Å². The zero-order valence-electron chi connectivity index (χ0n) is 10.9. The van der Waals surface area contributed by atoms with Crippen molar-refractivity contribution in [3.05, 3.63) is 11.9 Å². The van der Waals surface area contributed by atoms with Gasteiger partial charge in [-0.3, -0.25) is 4.79 Å². The lowest BCUT2D eigenvalue weighted by Crippen LogP contribution is -2.31. The van der Waals surface area contributed by atoms with Crippen molar-refractivity contribution in [3.63, 3.8) is 0 Å². The van der Waals surface area contributed by atoms with Crippen LogP contribution in [0, 0.1) is 0 Å². The molecule has 4 N–H and O–H groups in total. The second kappa shape index (κ2) is 6.29. The Labute approximate surface area is 117 Å². The molecule has 1 amide bonds. The number of nitrogens with two attached hydrogens (primary N) is 1. The highest BCUT2D eigenvalue weighted by molar-refractivity contribution is 7.89. The first-order valence-corrected chi connectivity index (χ1v) is 8.08. The van der Waals surface area contributed by atoms with E-state index in [1.165, 1.54) is 0 Å². The summed E-state index contributed by atoms with van der Waals surface area (Å²) in [5.74, 6) is -0.755. The molecule has 0 unspecified atom stereocenters. The Balaban J connectivity index is 1.89. The molecular weight excluding hydrogens is 284 g/mol. The summed E-state index contributed by atoms with van der Waals surface area (Å²) in [6.45, 7) is 1.79. The van der Waals surface area contributed by atoms with Gasteiger partial charge in [-0.1, -0.05) is 5.21 Å². The highest BCUT2D eigenvalue weighted by atomic mass is 32.2. The fourth-order valence-electron chi connectivity index (χ4n) is 2.03. The van der Waals surface area contributed by atoms with Gasteiger partial charge in [0.15, 0.2) is 5.69 Å². The van der Waals surface area contributed by atoms with E-state index in [9.17, 15) is 13.2 Å². The van der Waals surface area contributed by atoms with Gasteiger partial charge in [0, 0.05) is 6.54 Å². The molecule has 2 rings (SSSR count). The van der Waals surface area contributed by atoms with Crippen molar-refractivity contribution in [2.24, 2.45) is 5.14 Å². The molecule has 0 bridgehead atoms. The lowest BCUT2D eigenvalue weighted by atomic mass is 10.1. The van der Waals surface area contributed by atoms with E-state index in [2.05, 4.69) is 20.9 Å². The first kappa shape index (κ1) is 14.9. The number of amides is 1. The predicted octanol–water partition coefficient (Wildman–Crippen LogP) is -1.78. The number of primary sulfonamides is 1. The Morgan fingerprint density at radius 3 is 2.85 bits per heavy atom. The van der Waals surface area contributed by atoms with Crippen LogP contribution in [-0.2, 0) is 10.0 Å². The molecule has 0 atom stereocenters. The molecule has 20 heavy (non-hydrogen) atoms. The molecule has 0 saturated carbocycles. The molecule has 1 aliphatic rings. The molecule has 1 aromatic heterocycles. The largest absolute Gasteiger partial charge is 0.350 e. The molecule has 0 aromatic carbocycles. The number of piperidine rings is 1. The summed E-state index contributed by atoms with van der Waals surface area (Å²) < 4.78 is 23.2. The number of rotatable bonds is 5. The maximum absolute atomic E-state index is 11.8. The van der Waals surface area contributed by atoms with Gasteiger partial charge in [0.25, 0.3) is 5.91 Å². The lowest BCUT2D eigenvalue weighted by molar-refractivity contribution is 0.0951. The minimum Gasteiger partial charge on any atom is -0.350 e. The number of nitrogens with one attached hydrogen (secondary N) is 2. The Morgan fingerprint density at radius 2 is 2.20 bits per heavy atom. The summed E-state index contributed by atoms with van der Waals surface area (Å²) in [5, 5.41) is 18.3. The van der Waals surface area contributed by atoms with E-state index in [0.29, 0.717) is 0 Å². The van der Waals surface area contributed by atoms with Crippen LogP contribution in [0.15, 0.2) is 6.20 Å². The van der Waals surface area contributed by atoms with E-state index >= 15 is 0 Å². The van der Waals surface area contributed by atoms with Gasteiger partial charge < -0.3 is 10.6 Å². The zero-order valence-corrected chi connectivity index (χ0v) is 11.8. The van der Waals surface area contributed by atoms with Gasteiger partial charge in [-0.25, -0.2) is 18.2 Å². The SMILES string of the molecule is NS(=O)(=O)CCNC(=O)c1cn(C2CCNCC2)nn1. The number of nitrogens with zero attached hydrogens (tertiary/aromatic N) is 3. The highest BCUT2D eigenvalue weighted by Gasteiger charge is 2.18. The molecule has 10 heteroatoms. The molecule has 0 spiro atoms. The van der Waals surface area contributed by atoms with Gasteiger partial charge in [0.05, 0.1) is 18.0 Å². The first-order valence-electron chi connectivity index (χ1n) is 6.37. The Bertz CT molecular complexity index is 563. The minimum absolute atomic E-state index is 0.0438. The second-order valence-corrected chi connectivity index (χ2v) is 6.42. The fraction of sp³-hybridized carbons (Fsp3) is 0.700. The quantitative estimate of drug-likeness (QED) is 0.589. The van der Waals surface area contributed by atoms with Gasteiger partial charge in [0.1, 0.15) is 0 Å². The van der Waals surface area contributed by atoms with E-state index in [0.717, 1.165) is 25.9 Å². The second-order valence-electron chi connectivity index (χ2n) is 4.69. The number of sulfonamides is 1. The van der Waals surface area contributed by atoms with Crippen LogP contribution < -0.4 is 15.8 Å². The molecular formula is C10H18N6O3S. The molecule has 9 nitrogen and oxygen atoms in total. The van der Waals surface area contributed by atoms with Gasteiger partial charge in [-0.15, -0.1) is 5.10 Å². The van der Waals surface area contributed by atoms with Crippen molar-refractivity contribution in [3.8, 4) is 0 Å². The fourth-order valence-corrected chi connectivity index (χ4v) is 2.41. The van der Waals surface area contributed by atoms with Crippen LogP contribution in [0.2, 0.25) is 0 Å². The third-order valence-electron chi connectivity index (χ3n) is 3.10. The van der Waals surface area contributed by atoms with E-state index < -0.39 is 15.9 Å². The van der Waals surface area contributed by atoms with E-state index in [4.69, 9.17) is 5.14 Å². The van der Waals surface area contributed by atoms with Crippen LogP contribution in [0.3, 0.4) is 0 Å². The molecule has 1 aromatic rings. The monoisotopic (exact) mass is 302 g/mol. The number of hydrogen-bond acceptors (Lipinski definition) is 6. The number of hydrogen-bond donors (Lipinski definition) is 3. The highest BCUT2D eigenvalue weighted by Crippen LogP contribution is 2.16. The van der Waals surface area contributed by atoms with Crippen LogP contribution in [0.25, 0.3) is 0 Å². The van der Waals surface area contributed by atoms with E-state index in [1.54, 1.807) is 10.9 Å². The summed E-state index contributed by atoms with van der Waals surface area (Å²) in [5.41, 5.74) is 0.179. The molecule has 1 aliphatic heterocycles. The summed E-state index contributed by atoms with van der Waals surface area (Å²) in [4.78, 5) is 11.8. The molecule has 112 valence electrons. The molecule has 2 heterocycles. The number of carbonyl (C=O) groups is 1. The standard InChI is InChI=1S/C10H18N6O3S/c11-20(18,19)6-5-13-10(17)9-7-16(15-14-9)8-1-3-12-4-2-8/h7-8,12H,1-6H2,(H,13,17)(H2,11,18,19). The van der Waals surface area contributed by atoms with E-state index in [-0.39, 0.29) is 24.0 Å². The van der Waals surface area contributed by atoms with Crippen molar-refractivity contribution >= 4 is 15.9 Å². The normalized spacial score (nSPS) is 17.1. The van der Waals surface area contributed by atoms with Gasteiger partial charge in [-0.05, 0) is 25.9 Å². The first-order chi connectivity index (χ1) is 9.46. The van der Waals surface area contributed by atoms with Crippen LogP contribution in [-0.4, -0.2) is 54.7 Å². The van der Waals surface area contributed by atoms with Crippen molar-refractivity contribution < 1.29 is 13.2 Å². The van der Waals surface area contributed by atoms with Crippen LogP contribution >= 0.6 is 0 Å². The van der Waals surface area contributed by atoms with Crippen molar-refractivity contribution in [2.45, 2.75) is 18.9 Å². The van der Waals surface area contributed by atoms with Crippen molar-refractivity contribution in [1.82, 2.24) is 25.6 Å². The average molecular weight is 302 g/mol. The molecule has 1 fully saturated rings. The van der Waals surface area contributed by atoms with Crippen LogP contribution in [0.4, 0.5) is 0 Å². The number of aromatic nitrogens is 3. The lowest BCUT2D eigenvalue weighted by Gasteiger charge is -2.22. The Morgan fingerprint density at radius 1 is 1.50 bits per heavy atom. The van der Waals surface area contributed by atoms with Gasteiger partial charge >= 0.3 is 0 Å². The molecule has 0 radical (unpaired) electrons. The summed E-state index contributed by atoms with van der Waals surface area (Å²) >= 11 is 0. The van der Waals surface area contributed by atoms with Crippen molar-refractivity contribution in [1.29, 1.82) is 0 Å². The van der Waals surface area contributed by atoms with Crippen LogP contribution in [0.5, 0.6) is 0 Å². The summed E-state index contributed by atoms with van der Waals surface area (Å²) in [7, 11) is -3.58. The average Bonchev–Trinajstić information content (AvgIpc) is 2.88.